The molecule has 1 heterocycles. The van der Waals surface area contributed by atoms with E-state index in [0.717, 1.165) is 45.2 Å². The minimum atomic E-state index is -0.227. The summed E-state index contributed by atoms with van der Waals surface area (Å²) in [5.74, 6) is 0.801. The normalized spacial score (nSPS) is 33.3. The highest BCUT2D eigenvalue weighted by atomic mass is 16.5. The molecule has 2 rings (SSSR count). The Bertz CT molecular complexity index is 277. The van der Waals surface area contributed by atoms with E-state index in [1.165, 1.54) is 0 Å². The van der Waals surface area contributed by atoms with Crippen LogP contribution < -0.4 is 5.73 Å². The van der Waals surface area contributed by atoms with Crippen LogP contribution in [0, 0.1) is 5.92 Å². The topological polar surface area (TPSA) is 55.6 Å². The molecule has 4 nitrogen and oxygen atoms in total. The lowest BCUT2D eigenvalue weighted by molar-refractivity contribution is -0.142. The molecule has 1 amide bonds. The van der Waals surface area contributed by atoms with Crippen LogP contribution in [0.5, 0.6) is 0 Å². The number of ether oxygens (including phenoxy) is 1. The van der Waals surface area contributed by atoms with E-state index in [1.807, 2.05) is 4.90 Å². The Morgan fingerprint density at radius 3 is 2.71 bits per heavy atom. The number of nitrogens with zero attached hydrogens (tertiary/aromatic N) is 1. The molecule has 17 heavy (non-hydrogen) atoms. The first-order valence-corrected chi connectivity index (χ1v) is 6.77. The maximum Gasteiger partial charge on any atom is 0.248 e. The lowest BCUT2D eigenvalue weighted by atomic mass is 10.0. The van der Waals surface area contributed by atoms with Gasteiger partial charge >= 0.3 is 0 Å². The van der Waals surface area contributed by atoms with E-state index in [-0.39, 0.29) is 18.1 Å². The lowest BCUT2D eigenvalue weighted by Crippen LogP contribution is -2.42. The maximum absolute atomic E-state index is 11.9. The van der Waals surface area contributed by atoms with E-state index in [1.54, 1.807) is 0 Å². The zero-order chi connectivity index (χ0) is 12.3. The average Bonchev–Trinajstić information content (AvgIpc) is 2.96. The van der Waals surface area contributed by atoms with Gasteiger partial charge in [0.05, 0.1) is 5.60 Å². The smallest absolute Gasteiger partial charge is 0.248 e. The summed E-state index contributed by atoms with van der Waals surface area (Å²) in [6, 6.07) is 0. The first kappa shape index (κ1) is 12.8. The molecule has 1 aliphatic heterocycles. The summed E-state index contributed by atoms with van der Waals surface area (Å²) in [4.78, 5) is 13.8. The molecule has 2 fully saturated rings. The van der Waals surface area contributed by atoms with Crippen molar-refractivity contribution in [2.75, 3.05) is 26.2 Å². The fourth-order valence-electron chi connectivity index (χ4n) is 3.00. The summed E-state index contributed by atoms with van der Waals surface area (Å²) in [5.41, 5.74) is 5.59. The Morgan fingerprint density at radius 1 is 1.47 bits per heavy atom. The summed E-state index contributed by atoms with van der Waals surface area (Å²) in [6.07, 6.45) is 5.42. The first-order valence-electron chi connectivity index (χ1n) is 6.77. The molecule has 2 unspecified atom stereocenters. The molecule has 98 valence electrons. The second-order valence-electron chi connectivity index (χ2n) is 5.61. The molecule has 4 heteroatoms. The predicted molar refractivity (Wildman–Crippen MR) is 66.6 cm³/mol. The SMILES string of the molecule is CC1CCC(CN)(OCC(=O)N2CCCC2)C1. The van der Waals surface area contributed by atoms with Crippen molar-refractivity contribution < 1.29 is 9.53 Å². The molecule has 0 aromatic rings. The molecule has 2 atom stereocenters. The van der Waals surface area contributed by atoms with Crippen LogP contribution in [0.4, 0.5) is 0 Å². The zero-order valence-electron chi connectivity index (χ0n) is 10.8. The molecular weight excluding hydrogens is 216 g/mol. The number of nitrogens with two attached hydrogens (primary N) is 1. The standard InChI is InChI=1S/C13H24N2O2/c1-11-4-5-13(8-11,10-14)17-9-12(16)15-6-2-3-7-15/h11H,2-10,14H2,1H3. The van der Waals surface area contributed by atoms with Crippen LogP contribution >= 0.6 is 0 Å². The fraction of sp³-hybridized carbons (Fsp3) is 0.923. The van der Waals surface area contributed by atoms with Gasteiger partial charge in [-0.2, -0.15) is 0 Å². The summed E-state index contributed by atoms with van der Waals surface area (Å²) in [5, 5.41) is 0. The van der Waals surface area contributed by atoms with Gasteiger partial charge < -0.3 is 15.4 Å². The van der Waals surface area contributed by atoms with Crippen LogP contribution in [0.1, 0.15) is 39.0 Å². The molecule has 2 N–H and O–H groups in total. The molecule has 1 aliphatic carbocycles. The van der Waals surface area contributed by atoms with Gasteiger partial charge in [-0.3, -0.25) is 4.79 Å². The molecule has 1 saturated heterocycles. The third-order valence-electron chi connectivity index (χ3n) is 4.15. The average molecular weight is 240 g/mol. The van der Waals surface area contributed by atoms with Crippen molar-refractivity contribution in [2.45, 2.75) is 44.6 Å². The third-order valence-corrected chi connectivity index (χ3v) is 4.15. The minimum Gasteiger partial charge on any atom is -0.364 e. The van der Waals surface area contributed by atoms with Crippen molar-refractivity contribution in [2.24, 2.45) is 11.7 Å². The largest absolute Gasteiger partial charge is 0.364 e. The summed E-state index contributed by atoms with van der Waals surface area (Å²) >= 11 is 0. The maximum atomic E-state index is 11.9. The molecule has 0 aromatic heterocycles. The Labute approximate surface area is 103 Å². The number of hydrogen-bond donors (Lipinski definition) is 1. The Hall–Kier alpha value is -0.610. The second-order valence-corrected chi connectivity index (χ2v) is 5.61. The van der Waals surface area contributed by atoms with Crippen molar-refractivity contribution in [1.29, 1.82) is 0 Å². The molecule has 0 spiro atoms. The lowest BCUT2D eigenvalue weighted by Gasteiger charge is -2.28. The van der Waals surface area contributed by atoms with Crippen LogP contribution in [0.25, 0.3) is 0 Å². The molecule has 2 aliphatic rings. The molecular formula is C13H24N2O2. The molecule has 0 aromatic carbocycles. The van der Waals surface area contributed by atoms with Gasteiger partial charge in [-0.25, -0.2) is 0 Å². The van der Waals surface area contributed by atoms with Crippen molar-refractivity contribution in [3.05, 3.63) is 0 Å². The van der Waals surface area contributed by atoms with E-state index in [4.69, 9.17) is 10.5 Å². The summed E-state index contributed by atoms with van der Waals surface area (Å²) in [6.45, 7) is 4.76. The fourth-order valence-corrected chi connectivity index (χ4v) is 3.00. The number of likely N-dealkylation sites (tertiary alicyclic amines) is 1. The molecule has 0 radical (unpaired) electrons. The summed E-state index contributed by atoms with van der Waals surface area (Å²) < 4.78 is 5.87. The van der Waals surface area contributed by atoms with Gasteiger partial charge in [-0.05, 0) is 38.0 Å². The third kappa shape index (κ3) is 2.99. The van der Waals surface area contributed by atoms with E-state index in [2.05, 4.69) is 6.92 Å². The Balaban J connectivity index is 1.81. The van der Waals surface area contributed by atoms with Gasteiger partial charge in [0, 0.05) is 19.6 Å². The number of amides is 1. The Kier molecular flexibility index (Phi) is 4.05. The highest BCUT2D eigenvalue weighted by molar-refractivity contribution is 5.77. The van der Waals surface area contributed by atoms with E-state index in [9.17, 15) is 4.79 Å². The number of rotatable bonds is 4. The minimum absolute atomic E-state index is 0.134. The number of carbonyl (C=O) groups excluding carboxylic acids is 1. The van der Waals surface area contributed by atoms with E-state index >= 15 is 0 Å². The molecule has 0 bridgehead atoms. The van der Waals surface area contributed by atoms with Crippen LogP contribution in [0.15, 0.2) is 0 Å². The van der Waals surface area contributed by atoms with Gasteiger partial charge in [0.15, 0.2) is 0 Å². The highest BCUT2D eigenvalue weighted by Crippen LogP contribution is 2.36. The second kappa shape index (κ2) is 5.36. The monoisotopic (exact) mass is 240 g/mol. The summed E-state index contributed by atoms with van der Waals surface area (Å²) in [7, 11) is 0. The van der Waals surface area contributed by atoms with E-state index < -0.39 is 0 Å². The van der Waals surface area contributed by atoms with Crippen molar-refractivity contribution in [3.8, 4) is 0 Å². The molecule has 1 saturated carbocycles. The van der Waals surface area contributed by atoms with Crippen LogP contribution in [0.2, 0.25) is 0 Å². The van der Waals surface area contributed by atoms with Crippen molar-refractivity contribution in [3.63, 3.8) is 0 Å². The van der Waals surface area contributed by atoms with Gasteiger partial charge in [0.25, 0.3) is 0 Å². The van der Waals surface area contributed by atoms with Gasteiger partial charge in [0.2, 0.25) is 5.91 Å². The number of carbonyl (C=O) groups is 1. The predicted octanol–water partition coefficient (Wildman–Crippen LogP) is 1.14. The van der Waals surface area contributed by atoms with Crippen LogP contribution in [-0.4, -0.2) is 42.6 Å². The van der Waals surface area contributed by atoms with Crippen LogP contribution in [0.3, 0.4) is 0 Å². The highest BCUT2D eigenvalue weighted by Gasteiger charge is 2.38. The Morgan fingerprint density at radius 2 is 2.18 bits per heavy atom. The van der Waals surface area contributed by atoms with Crippen molar-refractivity contribution in [1.82, 2.24) is 4.90 Å². The zero-order valence-corrected chi connectivity index (χ0v) is 10.8. The van der Waals surface area contributed by atoms with E-state index in [0.29, 0.717) is 12.5 Å². The van der Waals surface area contributed by atoms with Gasteiger partial charge in [-0.1, -0.05) is 6.92 Å². The van der Waals surface area contributed by atoms with Gasteiger partial charge in [0.1, 0.15) is 6.61 Å². The van der Waals surface area contributed by atoms with Crippen LogP contribution in [-0.2, 0) is 9.53 Å². The van der Waals surface area contributed by atoms with Gasteiger partial charge in [-0.15, -0.1) is 0 Å². The van der Waals surface area contributed by atoms with Crippen molar-refractivity contribution >= 4 is 5.91 Å². The first-order chi connectivity index (χ1) is 8.15. The quantitative estimate of drug-likeness (QED) is 0.802. The number of hydrogen-bond acceptors (Lipinski definition) is 3.